The maximum Gasteiger partial charge on any atom is 0.270 e. The minimum absolute atomic E-state index is 0.182. The molecule has 1 amide bonds. The minimum Gasteiger partial charge on any atom is -0.370 e. The highest BCUT2D eigenvalue weighted by atomic mass is 16.1. The fourth-order valence-electron chi connectivity index (χ4n) is 1.86. The number of rotatable bonds is 6. The lowest BCUT2D eigenvalue weighted by molar-refractivity contribution is 0.0946. The number of carbonyl (C=O) groups excluding carboxylic acids is 1. The fraction of sp³-hybridized carbons (Fsp3) is 0.312. The van der Waals surface area contributed by atoms with Crippen molar-refractivity contribution in [3.8, 4) is 0 Å². The molecule has 2 heterocycles. The molecule has 0 radical (unpaired) electrons. The van der Waals surface area contributed by atoms with Gasteiger partial charge in [0, 0.05) is 25.5 Å². The van der Waals surface area contributed by atoms with E-state index in [0.717, 1.165) is 29.9 Å². The monoisotopic (exact) mass is 284 g/mol. The normalized spacial score (nSPS) is 10.2. The average molecular weight is 284 g/mol. The van der Waals surface area contributed by atoms with Crippen LogP contribution in [0.5, 0.6) is 0 Å². The third-order valence-corrected chi connectivity index (χ3v) is 3.12. The summed E-state index contributed by atoms with van der Waals surface area (Å²) in [7, 11) is 0. The Morgan fingerprint density at radius 3 is 2.90 bits per heavy atom. The summed E-state index contributed by atoms with van der Waals surface area (Å²) in [6, 6.07) is 7.32. The van der Waals surface area contributed by atoms with Gasteiger partial charge in [0.2, 0.25) is 0 Å². The third-order valence-electron chi connectivity index (χ3n) is 3.12. The summed E-state index contributed by atoms with van der Waals surface area (Å²) >= 11 is 0. The number of carbonyl (C=O) groups is 1. The molecule has 0 saturated carbocycles. The fourth-order valence-corrected chi connectivity index (χ4v) is 1.86. The van der Waals surface area contributed by atoms with E-state index in [1.807, 2.05) is 25.1 Å². The third kappa shape index (κ3) is 4.27. The van der Waals surface area contributed by atoms with Crippen LogP contribution >= 0.6 is 0 Å². The first kappa shape index (κ1) is 15.0. The van der Waals surface area contributed by atoms with Crippen LogP contribution in [0.25, 0.3) is 0 Å². The van der Waals surface area contributed by atoms with Gasteiger partial charge in [-0.1, -0.05) is 13.0 Å². The van der Waals surface area contributed by atoms with Crippen LogP contribution in [0.15, 0.2) is 36.7 Å². The molecule has 5 heteroatoms. The molecule has 0 spiro atoms. The molecular weight excluding hydrogens is 264 g/mol. The van der Waals surface area contributed by atoms with E-state index in [1.54, 1.807) is 18.5 Å². The lowest BCUT2D eigenvalue weighted by Crippen LogP contribution is -2.24. The number of aromatic nitrogens is 2. The van der Waals surface area contributed by atoms with Crippen molar-refractivity contribution in [1.82, 2.24) is 15.3 Å². The molecule has 0 aliphatic rings. The highest BCUT2D eigenvalue weighted by Crippen LogP contribution is 2.07. The van der Waals surface area contributed by atoms with Gasteiger partial charge in [-0.2, -0.15) is 0 Å². The molecule has 5 nitrogen and oxygen atoms in total. The number of nitrogens with one attached hydrogen (secondary N) is 2. The molecule has 0 saturated heterocycles. The van der Waals surface area contributed by atoms with Crippen LogP contribution in [-0.2, 0) is 6.54 Å². The molecule has 0 fully saturated rings. The van der Waals surface area contributed by atoms with E-state index in [2.05, 4.69) is 27.5 Å². The SMILES string of the molecule is CCCNc1cccc(C(=O)NCc2cnccc2C)n1. The molecule has 0 aliphatic carbocycles. The number of anilines is 1. The molecule has 0 aromatic carbocycles. The molecular formula is C16H20N4O. The Labute approximate surface area is 124 Å². The molecule has 0 unspecified atom stereocenters. The van der Waals surface area contributed by atoms with Gasteiger partial charge in [0.15, 0.2) is 0 Å². The van der Waals surface area contributed by atoms with Crippen LogP contribution in [0.2, 0.25) is 0 Å². The Morgan fingerprint density at radius 1 is 1.29 bits per heavy atom. The van der Waals surface area contributed by atoms with Crippen LogP contribution < -0.4 is 10.6 Å². The zero-order chi connectivity index (χ0) is 15.1. The number of pyridine rings is 2. The number of hydrogen-bond donors (Lipinski definition) is 2. The molecule has 2 aromatic rings. The topological polar surface area (TPSA) is 66.9 Å². The summed E-state index contributed by atoms with van der Waals surface area (Å²) in [6.45, 7) is 5.37. The van der Waals surface area contributed by atoms with Gasteiger partial charge in [-0.25, -0.2) is 4.98 Å². The molecule has 21 heavy (non-hydrogen) atoms. The second-order valence-corrected chi connectivity index (χ2v) is 4.82. The average Bonchev–Trinajstić information content (AvgIpc) is 2.52. The van der Waals surface area contributed by atoms with Crippen molar-refractivity contribution in [1.29, 1.82) is 0 Å². The number of nitrogens with zero attached hydrogens (tertiary/aromatic N) is 2. The number of hydrogen-bond acceptors (Lipinski definition) is 4. The van der Waals surface area contributed by atoms with E-state index in [4.69, 9.17) is 0 Å². The highest BCUT2D eigenvalue weighted by Gasteiger charge is 2.08. The summed E-state index contributed by atoms with van der Waals surface area (Å²) in [5, 5.41) is 6.04. The van der Waals surface area contributed by atoms with E-state index in [1.165, 1.54) is 0 Å². The van der Waals surface area contributed by atoms with E-state index >= 15 is 0 Å². The predicted octanol–water partition coefficient (Wildman–Crippen LogP) is 2.54. The summed E-state index contributed by atoms with van der Waals surface area (Å²) in [4.78, 5) is 20.5. The van der Waals surface area contributed by atoms with Gasteiger partial charge in [0.25, 0.3) is 5.91 Å². The first-order valence-electron chi connectivity index (χ1n) is 7.09. The van der Waals surface area contributed by atoms with Gasteiger partial charge >= 0.3 is 0 Å². The molecule has 0 atom stereocenters. The number of aryl methyl sites for hydroxylation is 1. The van der Waals surface area contributed by atoms with Crippen LogP contribution in [0.3, 0.4) is 0 Å². The second-order valence-electron chi connectivity index (χ2n) is 4.82. The van der Waals surface area contributed by atoms with E-state index in [0.29, 0.717) is 12.2 Å². The smallest absolute Gasteiger partial charge is 0.270 e. The lowest BCUT2D eigenvalue weighted by atomic mass is 10.1. The molecule has 2 aromatic heterocycles. The Hall–Kier alpha value is -2.43. The van der Waals surface area contributed by atoms with Crippen molar-refractivity contribution in [2.24, 2.45) is 0 Å². The Bertz CT molecular complexity index is 613. The summed E-state index contributed by atoms with van der Waals surface area (Å²) < 4.78 is 0. The van der Waals surface area contributed by atoms with Crippen molar-refractivity contribution in [2.45, 2.75) is 26.8 Å². The summed E-state index contributed by atoms with van der Waals surface area (Å²) in [6.07, 6.45) is 4.52. The van der Waals surface area contributed by atoms with Crippen LogP contribution in [-0.4, -0.2) is 22.4 Å². The predicted molar refractivity (Wildman–Crippen MR) is 83.2 cm³/mol. The molecule has 0 aliphatic heterocycles. The van der Waals surface area contributed by atoms with E-state index in [-0.39, 0.29) is 5.91 Å². The highest BCUT2D eigenvalue weighted by molar-refractivity contribution is 5.92. The first-order chi connectivity index (χ1) is 10.2. The van der Waals surface area contributed by atoms with E-state index in [9.17, 15) is 4.79 Å². The first-order valence-corrected chi connectivity index (χ1v) is 7.09. The second kappa shape index (κ2) is 7.38. The van der Waals surface area contributed by atoms with Gasteiger partial charge in [-0.3, -0.25) is 9.78 Å². The van der Waals surface area contributed by atoms with Crippen molar-refractivity contribution in [2.75, 3.05) is 11.9 Å². The Balaban J connectivity index is 1.98. The zero-order valence-electron chi connectivity index (χ0n) is 12.4. The van der Waals surface area contributed by atoms with Gasteiger partial charge in [0.1, 0.15) is 11.5 Å². The van der Waals surface area contributed by atoms with Crippen molar-refractivity contribution >= 4 is 11.7 Å². The largest absolute Gasteiger partial charge is 0.370 e. The van der Waals surface area contributed by atoms with Crippen LogP contribution in [0.4, 0.5) is 5.82 Å². The minimum atomic E-state index is -0.182. The molecule has 2 N–H and O–H groups in total. The summed E-state index contributed by atoms with van der Waals surface area (Å²) in [5.41, 5.74) is 2.53. The van der Waals surface area contributed by atoms with Crippen molar-refractivity contribution in [3.63, 3.8) is 0 Å². The number of amides is 1. The molecule has 110 valence electrons. The van der Waals surface area contributed by atoms with Crippen LogP contribution in [0, 0.1) is 6.92 Å². The van der Waals surface area contributed by atoms with Crippen LogP contribution in [0.1, 0.15) is 35.0 Å². The van der Waals surface area contributed by atoms with Gasteiger partial charge < -0.3 is 10.6 Å². The standard InChI is InChI=1S/C16H20N4O/c1-3-8-18-15-6-4-5-14(20-15)16(21)19-11-13-10-17-9-7-12(13)2/h4-7,9-10H,3,8,11H2,1-2H3,(H,18,20)(H,19,21). The Kier molecular flexibility index (Phi) is 5.26. The van der Waals surface area contributed by atoms with Gasteiger partial charge in [-0.05, 0) is 42.7 Å². The quantitative estimate of drug-likeness (QED) is 0.855. The maximum absolute atomic E-state index is 12.1. The van der Waals surface area contributed by atoms with E-state index < -0.39 is 0 Å². The van der Waals surface area contributed by atoms with Gasteiger partial charge in [-0.15, -0.1) is 0 Å². The van der Waals surface area contributed by atoms with Crippen molar-refractivity contribution in [3.05, 3.63) is 53.5 Å². The lowest BCUT2D eigenvalue weighted by Gasteiger charge is -2.08. The zero-order valence-corrected chi connectivity index (χ0v) is 12.4. The van der Waals surface area contributed by atoms with Crippen molar-refractivity contribution < 1.29 is 4.79 Å². The Morgan fingerprint density at radius 2 is 2.14 bits per heavy atom. The maximum atomic E-state index is 12.1. The molecule has 2 rings (SSSR count). The molecule has 0 bridgehead atoms. The van der Waals surface area contributed by atoms with Gasteiger partial charge in [0.05, 0.1) is 0 Å². The summed E-state index contributed by atoms with van der Waals surface area (Å²) in [5.74, 6) is 0.542.